The van der Waals surface area contributed by atoms with Gasteiger partial charge in [0.05, 0.1) is 34.9 Å². The Morgan fingerprint density at radius 3 is 2.38 bits per heavy atom. The molecule has 0 saturated carbocycles. The Bertz CT molecular complexity index is 942. The van der Waals surface area contributed by atoms with Gasteiger partial charge in [-0.05, 0) is 36.6 Å². The first kappa shape index (κ1) is 27.8. The number of nitrogens with two attached hydrogens (primary N) is 1. The molecular weight excluding hydrogens is 485 g/mol. The van der Waals surface area contributed by atoms with Crippen molar-refractivity contribution in [1.82, 2.24) is 5.32 Å². The number of hydrogen-bond acceptors (Lipinski definition) is 8. The number of para-hydroxylation sites is 2. The normalized spacial score (nSPS) is 13.6. The number of anilines is 2. The van der Waals surface area contributed by atoms with Crippen molar-refractivity contribution in [2.45, 2.75) is 37.5 Å². The molecule has 1 amide bonds. The fourth-order valence-corrected chi connectivity index (χ4v) is 3.47. The summed E-state index contributed by atoms with van der Waals surface area (Å²) in [6, 6.07) is 11.2. The first-order valence-corrected chi connectivity index (χ1v) is 11.4. The zero-order valence-corrected chi connectivity index (χ0v) is 19.9. The summed E-state index contributed by atoms with van der Waals surface area (Å²) in [6.07, 6.45) is -1.80. The van der Waals surface area contributed by atoms with Gasteiger partial charge in [-0.3, -0.25) is 9.59 Å². The van der Waals surface area contributed by atoms with Crippen molar-refractivity contribution in [3.63, 3.8) is 0 Å². The summed E-state index contributed by atoms with van der Waals surface area (Å²) in [5.41, 5.74) is 7.57. The van der Waals surface area contributed by atoms with Crippen LogP contribution in [-0.2, 0) is 20.7 Å². The van der Waals surface area contributed by atoms with E-state index in [1.165, 1.54) is 0 Å². The summed E-state index contributed by atoms with van der Waals surface area (Å²) >= 11 is 12.4. The zero-order chi connectivity index (χ0) is 25.1. The van der Waals surface area contributed by atoms with E-state index >= 15 is 0 Å². The summed E-state index contributed by atoms with van der Waals surface area (Å²) in [6.45, 7) is -0.639. The molecule has 0 fully saturated rings. The Labute approximate surface area is 207 Å². The number of rotatable bonds is 13. The topological polar surface area (TPSA) is 154 Å². The van der Waals surface area contributed by atoms with Crippen molar-refractivity contribution in [2.75, 3.05) is 25.1 Å². The molecule has 0 aromatic heterocycles. The van der Waals surface area contributed by atoms with E-state index in [0.29, 0.717) is 33.4 Å². The molecule has 0 radical (unpaired) electrons. The smallest absolute Gasteiger partial charge is 0.310 e. The van der Waals surface area contributed by atoms with Crippen LogP contribution in [0, 0.1) is 0 Å². The molecule has 0 aliphatic heterocycles. The van der Waals surface area contributed by atoms with Crippen molar-refractivity contribution in [3.8, 4) is 0 Å². The summed E-state index contributed by atoms with van der Waals surface area (Å²) in [5.74, 6) is -1.08. The quantitative estimate of drug-likeness (QED) is 0.175. The minimum atomic E-state index is -1.22. The van der Waals surface area contributed by atoms with Gasteiger partial charge in [0.1, 0.15) is 18.8 Å². The zero-order valence-electron chi connectivity index (χ0n) is 18.4. The van der Waals surface area contributed by atoms with Crippen LogP contribution in [0.4, 0.5) is 11.4 Å². The minimum Gasteiger partial charge on any atom is -0.463 e. The molecule has 11 heteroatoms. The van der Waals surface area contributed by atoms with Crippen molar-refractivity contribution in [1.29, 1.82) is 0 Å². The summed E-state index contributed by atoms with van der Waals surface area (Å²) in [5, 5.41) is 34.2. The molecule has 0 bridgehead atoms. The maximum atomic E-state index is 12.3. The molecule has 0 aliphatic rings. The second-order valence-corrected chi connectivity index (χ2v) is 8.41. The van der Waals surface area contributed by atoms with Gasteiger partial charge in [-0.1, -0.05) is 47.5 Å². The van der Waals surface area contributed by atoms with E-state index in [9.17, 15) is 19.8 Å². The maximum absolute atomic E-state index is 12.3. The lowest BCUT2D eigenvalue weighted by Gasteiger charge is -2.16. The van der Waals surface area contributed by atoms with Gasteiger partial charge in [-0.2, -0.15) is 0 Å². The van der Waals surface area contributed by atoms with E-state index in [4.69, 9.17) is 38.8 Å². The molecule has 7 N–H and O–H groups in total. The highest BCUT2D eigenvalue weighted by atomic mass is 35.5. The Kier molecular flexibility index (Phi) is 11.5. The highest BCUT2D eigenvalue weighted by Gasteiger charge is 2.18. The van der Waals surface area contributed by atoms with Gasteiger partial charge < -0.3 is 36.4 Å². The van der Waals surface area contributed by atoms with E-state index in [1.807, 2.05) is 0 Å². The van der Waals surface area contributed by atoms with Gasteiger partial charge in [0.25, 0.3) is 0 Å². The number of aliphatic hydroxyl groups excluding tert-OH is 3. The second kappa shape index (κ2) is 14.1. The maximum Gasteiger partial charge on any atom is 0.310 e. The Balaban J connectivity index is 1.81. The van der Waals surface area contributed by atoms with E-state index in [2.05, 4.69) is 10.6 Å². The van der Waals surface area contributed by atoms with Gasteiger partial charge in [0.2, 0.25) is 5.91 Å². The third-order valence-electron chi connectivity index (χ3n) is 4.94. The standard InChI is InChI=1S/C23H29Cl2N3O6/c24-15-6-3-7-16(25)22(15)28-18-8-2-1-5-14(18)11-21(32)34-13-17(26)23(33)27-10-4-9-19(30)20(31)12-29/h1-3,5-8,17,19-20,28-31H,4,9-13,26H2,(H,27,33)/t17-,19-,20+/m0/s1. The predicted molar refractivity (Wildman–Crippen MR) is 130 cm³/mol. The Morgan fingerprint density at radius 2 is 1.71 bits per heavy atom. The van der Waals surface area contributed by atoms with Gasteiger partial charge in [0, 0.05) is 12.2 Å². The second-order valence-electron chi connectivity index (χ2n) is 7.60. The van der Waals surface area contributed by atoms with Crippen LogP contribution in [0.25, 0.3) is 0 Å². The van der Waals surface area contributed by atoms with Crippen LogP contribution in [0.15, 0.2) is 42.5 Å². The number of amides is 1. The number of benzene rings is 2. The molecule has 0 saturated heterocycles. The van der Waals surface area contributed by atoms with Crippen LogP contribution < -0.4 is 16.4 Å². The van der Waals surface area contributed by atoms with Crippen LogP contribution in [0.3, 0.4) is 0 Å². The monoisotopic (exact) mass is 513 g/mol. The summed E-state index contributed by atoms with van der Waals surface area (Å²) < 4.78 is 5.17. The van der Waals surface area contributed by atoms with Gasteiger partial charge in [-0.25, -0.2) is 0 Å². The van der Waals surface area contributed by atoms with Crippen LogP contribution in [-0.4, -0.2) is 65.2 Å². The first-order valence-electron chi connectivity index (χ1n) is 10.7. The van der Waals surface area contributed by atoms with Crippen LogP contribution in [0.5, 0.6) is 0 Å². The molecule has 0 aliphatic carbocycles. The van der Waals surface area contributed by atoms with Crippen molar-refractivity contribution in [2.24, 2.45) is 5.73 Å². The number of esters is 1. The lowest BCUT2D eigenvalue weighted by molar-refractivity contribution is -0.144. The number of halogens is 2. The largest absolute Gasteiger partial charge is 0.463 e. The molecule has 3 atom stereocenters. The fraction of sp³-hybridized carbons (Fsp3) is 0.391. The van der Waals surface area contributed by atoms with E-state index in [0.717, 1.165) is 0 Å². The van der Waals surface area contributed by atoms with E-state index in [-0.39, 0.29) is 26.0 Å². The molecule has 2 aromatic rings. The van der Waals surface area contributed by atoms with Crippen LogP contribution in [0.1, 0.15) is 18.4 Å². The molecule has 2 rings (SSSR count). The van der Waals surface area contributed by atoms with E-state index in [1.54, 1.807) is 42.5 Å². The highest BCUT2D eigenvalue weighted by molar-refractivity contribution is 6.39. The van der Waals surface area contributed by atoms with E-state index < -0.39 is 36.7 Å². The number of carbonyl (C=O) groups excluding carboxylic acids is 2. The Hall–Kier alpha value is -2.40. The van der Waals surface area contributed by atoms with Crippen molar-refractivity contribution < 1.29 is 29.6 Å². The molecule has 0 unspecified atom stereocenters. The SMILES string of the molecule is N[C@@H](COC(=O)Cc1ccccc1Nc1c(Cl)cccc1Cl)C(=O)NCCC[C@H](O)[C@H](O)CO. The average Bonchev–Trinajstić information content (AvgIpc) is 2.82. The molecule has 186 valence electrons. The van der Waals surface area contributed by atoms with Gasteiger partial charge in [-0.15, -0.1) is 0 Å². The average molecular weight is 514 g/mol. The third kappa shape index (κ3) is 8.75. The molecule has 34 heavy (non-hydrogen) atoms. The number of carbonyl (C=O) groups is 2. The third-order valence-corrected chi connectivity index (χ3v) is 5.57. The highest BCUT2D eigenvalue weighted by Crippen LogP contribution is 2.33. The lowest BCUT2D eigenvalue weighted by atomic mass is 10.1. The number of hydrogen-bond donors (Lipinski definition) is 6. The first-order chi connectivity index (χ1) is 16.2. The summed E-state index contributed by atoms with van der Waals surface area (Å²) in [4.78, 5) is 24.4. The number of nitrogens with one attached hydrogen (secondary N) is 2. The van der Waals surface area contributed by atoms with Gasteiger partial charge in [0.15, 0.2) is 0 Å². The van der Waals surface area contributed by atoms with Crippen molar-refractivity contribution >= 4 is 46.5 Å². The molecule has 2 aromatic carbocycles. The molecular formula is C23H29Cl2N3O6. The van der Waals surface area contributed by atoms with Gasteiger partial charge >= 0.3 is 5.97 Å². The fourth-order valence-electron chi connectivity index (χ4n) is 2.98. The lowest BCUT2D eigenvalue weighted by Crippen LogP contribution is -2.44. The molecule has 9 nitrogen and oxygen atoms in total. The van der Waals surface area contributed by atoms with Crippen LogP contribution >= 0.6 is 23.2 Å². The molecule has 0 heterocycles. The van der Waals surface area contributed by atoms with Crippen molar-refractivity contribution in [3.05, 3.63) is 58.1 Å². The number of aliphatic hydroxyl groups is 3. The molecule has 0 spiro atoms. The summed E-state index contributed by atoms with van der Waals surface area (Å²) in [7, 11) is 0. The minimum absolute atomic E-state index is 0.0648. The number of ether oxygens (including phenoxy) is 1. The van der Waals surface area contributed by atoms with Crippen LogP contribution in [0.2, 0.25) is 10.0 Å². The predicted octanol–water partition coefficient (Wildman–Crippen LogP) is 1.76. The Morgan fingerprint density at radius 1 is 1.03 bits per heavy atom.